The van der Waals surface area contributed by atoms with Crippen LogP contribution in [0.4, 0.5) is 0 Å². The number of hydrogen-bond acceptors (Lipinski definition) is 2. The van der Waals surface area contributed by atoms with Crippen molar-refractivity contribution in [2.45, 2.75) is 18.9 Å². The molecular formula is C11H13BrN2O2. The molecule has 0 bridgehead atoms. The zero-order valence-corrected chi connectivity index (χ0v) is 10.4. The Morgan fingerprint density at radius 1 is 1.56 bits per heavy atom. The van der Waals surface area contributed by atoms with Gasteiger partial charge in [-0.2, -0.15) is 0 Å². The number of carbonyl (C=O) groups is 1. The molecule has 1 N–H and O–H groups in total. The van der Waals surface area contributed by atoms with E-state index in [1.165, 1.54) is 18.5 Å². The molecule has 0 radical (unpaired) electrons. The van der Waals surface area contributed by atoms with E-state index in [1.54, 1.807) is 4.90 Å². The Labute approximate surface area is 102 Å². The molecule has 1 aromatic rings. The molecule has 4 nitrogen and oxygen atoms in total. The molecule has 0 saturated heterocycles. The van der Waals surface area contributed by atoms with E-state index in [-0.39, 0.29) is 16.9 Å². The second-order valence-electron chi connectivity index (χ2n) is 3.84. The number of carbonyl (C=O) groups excluding carboxylic acids is 1. The van der Waals surface area contributed by atoms with Crippen LogP contribution in [0.1, 0.15) is 23.2 Å². The summed E-state index contributed by atoms with van der Waals surface area (Å²) in [6, 6.07) is 1.71. The van der Waals surface area contributed by atoms with Crippen LogP contribution in [0.2, 0.25) is 0 Å². The van der Waals surface area contributed by atoms with E-state index in [1.807, 2.05) is 0 Å². The Hall–Kier alpha value is -1.10. The van der Waals surface area contributed by atoms with E-state index in [4.69, 9.17) is 0 Å². The van der Waals surface area contributed by atoms with Crippen molar-refractivity contribution in [3.8, 4) is 0 Å². The van der Waals surface area contributed by atoms with Gasteiger partial charge in [-0.1, -0.05) is 15.9 Å². The van der Waals surface area contributed by atoms with Crippen LogP contribution in [-0.4, -0.2) is 33.7 Å². The molecule has 86 valence electrons. The average Bonchev–Trinajstić information content (AvgIpc) is 3.09. The van der Waals surface area contributed by atoms with Gasteiger partial charge in [0, 0.05) is 36.4 Å². The minimum atomic E-state index is -0.219. The highest BCUT2D eigenvalue weighted by molar-refractivity contribution is 9.09. The number of aromatic amines is 1. The SMILES string of the molecule is O=C(c1c[nH]ccc1=O)N(CCBr)C1CC1. The first-order chi connectivity index (χ1) is 7.74. The number of nitrogens with one attached hydrogen (secondary N) is 1. The number of H-pyrrole nitrogens is 1. The van der Waals surface area contributed by atoms with Crippen LogP contribution in [0.3, 0.4) is 0 Å². The molecule has 1 aliphatic carbocycles. The lowest BCUT2D eigenvalue weighted by atomic mass is 10.2. The molecule has 1 amide bonds. The predicted octanol–water partition coefficient (Wildman–Crippen LogP) is 1.37. The fourth-order valence-corrected chi connectivity index (χ4v) is 2.05. The van der Waals surface area contributed by atoms with Crippen LogP contribution in [0.5, 0.6) is 0 Å². The Bertz CT molecular complexity index is 440. The second-order valence-corrected chi connectivity index (χ2v) is 4.63. The van der Waals surface area contributed by atoms with Gasteiger partial charge >= 0.3 is 0 Å². The lowest BCUT2D eigenvalue weighted by Crippen LogP contribution is -2.37. The van der Waals surface area contributed by atoms with Gasteiger partial charge in [-0.25, -0.2) is 0 Å². The van der Waals surface area contributed by atoms with Gasteiger partial charge in [0.2, 0.25) is 0 Å². The maximum absolute atomic E-state index is 12.1. The third-order valence-corrected chi connectivity index (χ3v) is 2.98. The lowest BCUT2D eigenvalue weighted by molar-refractivity contribution is 0.0753. The monoisotopic (exact) mass is 284 g/mol. The second kappa shape index (κ2) is 4.82. The largest absolute Gasteiger partial charge is 0.367 e. The topological polar surface area (TPSA) is 53.2 Å². The first-order valence-electron chi connectivity index (χ1n) is 5.28. The van der Waals surface area contributed by atoms with Crippen molar-refractivity contribution in [2.24, 2.45) is 0 Å². The van der Waals surface area contributed by atoms with Crippen LogP contribution < -0.4 is 5.43 Å². The molecule has 0 aliphatic heterocycles. The number of alkyl halides is 1. The molecule has 5 heteroatoms. The quantitative estimate of drug-likeness (QED) is 0.850. The summed E-state index contributed by atoms with van der Waals surface area (Å²) in [5.41, 5.74) is 0.0133. The predicted molar refractivity (Wildman–Crippen MR) is 64.9 cm³/mol. The summed E-state index contributed by atoms with van der Waals surface area (Å²) in [6.45, 7) is 0.651. The normalized spacial score (nSPS) is 14.8. The Morgan fingerprint density at radius 3 is 2.88 bits per heavy atom. The van der Waals surface area contributed by atoms with Crippen molar-refractivity contribution >= 4 is 21.8 Å². The summed E-state index contributed by atoms with van der Waals surface area (Å²) in [6.07, 6.45) is 5.10. The van der Waals surface area contributed by atoms with E-state index in [9.17, 15) is 9.59 Å². The average molecular weight is 285 g/mol. The van der Waals surface area contributed by atoms with Crippen molar-refractivity contribution in [3.05, 3.63) is 34.2 Å². The van der Waals surface area contributed by atoms with Gasteiger partial charge in [-0.3, -0.25) is 9.59 Å². The molecule has 1 heterocycles. The molecule has 2 rings (SSSR count). The van der Waals surface area contributed by atoms with Crippen LogP contribution in [0, 0.1) is 0 Å². The van der Waals surface area contributed by atoms with Gasteiger partial charge in [-0.15, -0.1) is 0 Å². The third-order valence-electron chi connectivity index (χ3n) is 2.63. The van der Waals surface area contributed by atoms with Crippen LogP contribution >= 0.6 is 15.9 Å². The number of hydrogen-bond donors (Lipinski definition) is 1. The molecule has 1 aliphatic rings. The number of amides is 1. The smallest absolute Gasteiger partial charge is 0.259 e. The summed E-state index contributed by atoms with van der Waals surface area (Å²) in [5.74, 6) is -0.163. The van der Waals surface area contributed by atoms with Gasteiger partial charge in [0.15, 0.2) is 5.43 Å². The molecule has 1 aromatic heterocycles. The molecule has 0 aromatic carbocycles. The van der Waals surface area contributed by atoms with Crippen molar-refractivity contribution in [3.63, 3.8) is 0 Å². The minimum absolute atomic E-state index is 0.163. The highest BCUT2D eigenvalue weighted by Crippen LogP contribution is 2.27. The third kappa shape index (κ3) is 2.35. The van der Waals surface area contributed by atoms with E-state index in [0.29, 0.717) is 12.6 Å². The van der Waals surface area contributed by atoms with E-state index in [2.05, 4.69) is 20.9 Å². The number of halogens is 1. The molecule has 0 atom stereocenters. The number of pyridine rings is 1. The van der Waals surface area contributed by atoms with Crippen molar-refractivity contribution in [1.82, 2.24) is 9.88 Å². The number of aromatic nitrogens is 1. The fourth-order valence-electron chi connectivity index (χ4n) is 1.67. The summed E-state index contributed by atoms with van der Waals surface area (Å²) >= 11 is 3.33. The van der Waals surface area contributed by atoms with E-state index < -0.39 is 0 Å². The standard InChI is InChI=1S/C11H13BrN2O2/c12-4-6-14(8-1-2-8)11(16)9-7-13-5-3-10(9)15/h3,5,7-8H,1-2,4,6H2,(H,13,15). The minimum Gasteiger partial charge on any atom is -0.367 e. The zero-order valence-electron chi connectivity index (χ0n) is 8.78. The number of nitrogens with zero attached hydrogens (tertiary/aromatic N) is 1. The molecule has 0 spiro atoms. The molecule has 1 fully saturated rings. The Morgan fingerprint density at radius 2 is 2.31 bits per heavy atom. The zero-order chi connectivity index (χ0) is 11.5. The van der Waals surface area contributed by atoms with E-state index >= 15 is 0 Å². The van der Waals surface area contributed by atoms with E-state index in [0.717, 1.165) is 18.2 Å². The first kappa shape index (κ1) is 11.4. The summed E-state index contributed by atoms with van der Waals surface area (Å²) in [7, 11) is 0. The molecular weight excluding hydrogens is 272 g/mol. The summed E-state index contributed by atoms with van der Waals surface area (Å²) in [4.78, 5) is 28.2. The maximum Gasteiger partial charge on any atom is 0.259 e. The first-order valence-corrected chi connectivity index (χ1v) is 6.40. The Balaban J connectivity index is 2.22. The number of rotatable bonds is 4. The van der Waals surface area contributed by atoms with Crippen LogP contribution in [0.25, 0.3) is 0 Å². The Kier molecular flexibility index (Phi) is 3.43. The van der Waals surface area contributed by atoms with Crippen LogP contribution in [0.15, 0.2) is 23.3 Å². The van der Waals surface area contributed by atoms with Crippen molar-refractivity contribution < 1.29 is 4.79 Å². The van der Waals surface area contributed by atoms with Gasteiger partial charge in [-0.05, 0) is 12.8 Å². The van der Waals surface area contributed by atoms with Crippen molar-refractivity contribution in [1.29, 1.82) is 0 Å². The van der Waals surface area contributed by atoms with Gasteiger partial charge in [0.05, 0.1) is 0 Å². The molecule has 16 heavy (non-hydrogen) atoms. The summed E-state index contributed by atoms with van der Waals surface area (Å²) < 4.78 is 0. The van der Waals surface area contributed by atoms with Crippen LogP contribution in [-0.2, 0) is 0 Å². The summed E-state index contributed by atoms with van der Waals surface area (Å²) in [5, 5.41) is 0.736. The van der Waals surface area contributed by atoms with Gasteiger partial charge in [0.1, 0.15) is 5.56 Å². The highest BCUT2D eigenvalue weighted by atomic mass is 79.9. The van der Waals surface area contributed by atoms with Gasteiger partial charge in [0.25, 0.3) is 5.91 Å². The fraction of sp³-hybridized carbons (Fsp3) is 0.455. The lowest BCUT2D eigenvalue weighted by Gasteiger charge is -2.20. The maximum atomic E-state index is 12.1. The van der Waals surface area contributed by atoms with Gasteiger partial charge < -0.3 is 9.88 Å². The highest BCUT2D eigenvalue weighted by Gasteiger charge is 2.33. The molecule has 0 unspecified atom stereocenters. The molecule has 1 saturated carbocycles. The van der Waals surface area contributed by atoms with Crippen molar-refractivity contribution in [2.75, 3.05) is 11.9 Å².